The van der Waals surface area contributed by atoms with Crippen molar-refractivity contribution in [1.29, 1.82) is 0 Å². The van der Waals surface area contributed by atoms with Crippen LogP contribution < -0.4 is 15.8 Å². The molecule has 0 bridgehead atoms. The normalized spacial score (nSPS) is 11.6. The van der Waals surface area contributed by atoms with Crippen LogP contribution >= 0.6 is 12.2 Å². The van der Waals surface area contributed by atoms with Crippen LogP contribution in [-0.4, -0.2) is 24.0 Å². The Morgan fingerprint density at radius 2 is 2.25 bits per heavy atom. The third kappa shape index (κ3) is 3.20. The van der Waals surface area contributed by atoms with E-state index in [0.717, 1.165) is 5.56 Å². The molecular weight excluding hydrogens is 224 g/mol. The number of rotatable bonds is 4. The minimum absolute atomic E-state index is 0.180. The smallest absolute Gasteiger partial charge is 0.260 e. The lowest BCUT2D eigenvalue weighted by atomic mass is 10.2. The van der Waals surface area contributed by atoms with E-state index in [1.54, 1.807) is 38.2 Å². The van der Waals surface area contributed by atoms with Gasteiger partial charge in [0.2, 0.25) is 0 Å². The molecule has 0 heterocycles. The second-order valence-electron chi connectivity index (χ2n) is 3.27. The number of nitrogens with one attached hydrogen (secondary N) is 1. The highest BCUT2D eigenvalue weighted by molar-refractivity contribution is 7.80. The standard InChI is InChI=1S/C11H14N2O2S/c1-7(11(14)13-2)15-9-5-3-4-8(6-9)10(12)16/h3-7H,1-2H3,(H2,12,16)(H,13,14). The summed E-state index contributed by atoms with van der Waals surface area (Å²) in [7, 11) is 1.56. The van der Waals surface area contributed by atoms with Crippen molar-refractivity contribution >= 4 is 23.1 Å². The zero-order valence-electron chi connectivity index (χ0n) is 9.19. The monoisotopic (exact) mass is 238 g/mol. The Morgan fingerprint density at radius 1 is 1.56 bits per heavy atom. The summed E-state index contributed by atoms with van der Waals surface area (Å²) in [6, 6.07) is 7.03. The van der Waals surface area contributed by atoms with Gasteiger partial charge >= 0.3 is 0 Å². The maximum Gasteiger partial charge on any atom is 0.260 e. The molecule has 16 heavy (non-hydrogen) atoms. The Hall–Kier alpha value is -1.62. The molecular formula is C11H14N2O2S. The molecule has 0 spiro atoms. The fourth-order valence-electron chi connectivity index (χ4n) is 1.18. The molecule has 86 valence electrons. The van der Waals surface area contributed by atoms with E-state index in [4.69, 9.17) is 22.7 Å². The molecule has 0 aliphatic heterocycles. The number of ether oxygens (including phenoxy) is 1. The molecule has 1 aromatic carbocycles. The average Bonchev–Trinajstić information content (AvgIpc) is 2.28. The second kappa shape index (κ2) is 5.46. The van der Waals surface area contributed by atoms with Gasteiger partial charge in [0.1, 0.15) is 10.7 Å². The zero-order valence-corrected chi connectivity index (χ0v) is 10.0. The lowest BCUT2D eigenvalue weighted by Gasteiger charge is -2.13. The molecule has 0 aliphatic rings. The highest BCUT2D eigenvalue weighted by Crippen LogP contribution is 2.14. The number of hydrogen-bond acceptors (Lipinski definition) is 3. The van der Waals surface area contributed by atoms with Crippen molar-refractivity contribution in [1.82, 2.24) is 5.32 Å². The predicted molar refractivity (Wildman–Crippen MR) is 66.5 cm³/mol. The summed E-state index contributed by atoms with van der Waals surface area (Å²) < 4.78 is 5.43. The van der Waals surface area contributed by atoms with Gasteiger partial charge in [-0.05, 0) is 19.1 Å². The van der Waals surface area contributed by atoms with Crippen molar-refractivity contribution in [3.05, 3.63) is 29.8 Å². The van der Waals surface area contributed by atoms with Crippen molar-refractivity contribution in [2.45, 2.75) is 13.0 Å². The van der Waals surface area contributed by atoms with E-state index in [1.165, 1.54) is 0 Å². The SMILES string of the molecule is CNC(=O)C(C)Oc1cccc(C(N)=S)c1. The molecule has 1 aromatic rings. The van der Waals surface area contributed by atoms with E-state index < -0.39 is 6.10 Å². The van der Waals surface area contributed by atoms with E-state index in [-0.39, 0.29) is 5.91 Å². The molecule has 4 nitrogen and oxygen atoms in total. The van der Waals surface area contributed by atoms with Gasteiger partial charge in [-0.15, -0.1) is 0 Å². The lowest BCUT2D eigenvalue weighted by Crippen LogP contribution is -2.33. The van der Waals surface area contributed by atoms with Crippen molar-refractivity contribution in [2.75, 3.05) is 7.05 Å². The Bertz CT molecular complexity index is 407. The van der Waals surface area contributed by atoms with Crippen LogP contribution in [0, 0.1) is 0 Å². The third-order valence-electron chi connectivity index (χ3n) is 2.05. The maximum absolute atomic E-state index is 11.2. The summed E-state index contributed by atoms with van der Waals surface area (Å²) in [6.45, 7) is 1.67. The summed E-state index contributed by atoms with van der Waals surface area (Å²) in [4.78, 5) is 11.6. The van der Waals surface area contributed by atoms with Crippen LogP contribution in [0.2, 0.25) is 0 Å². The predicted octanol–water partition coefficient (Wildman–Crippen LogP) is 0.834. The van der Waals surface area contributed by atoms with Gasteiger partial charge < -0.3 is 15.8 Å². The summed E-state index contributed by atoms with van der Waals surface area (Å²) in [6.07, 6.45) is -0.549. The van der Waals surface area contributed by atoms with Gasteiger partial charge in [0.25, 0.3) is 5.91 Å². The van der Waals surface area contributed by atoms with Crippen LogP contribution in [0.4, 0.5) is 0 Å². The maximum atomic E-state index is 11.2. The van der Waals surface area contributed by atoms with Gasteiger partial charge in [-0.1, -0.05) is 24.4 Å². The number of hydrogen-bond donors (Lipinski definition) is 2. The number of likely N-dealkylation sites (N-methyl/N-ethyl adjacent to an activating group) is 1. The Labute approximate surface area is 99.8 Å². The largest absolute Gasteiger partial charge is 0.481 e. The number of nitrogens with two attached hydrogens (primary N) is 1. The first-order valence-electron chi connectivity index (χ1n) is 4.82. The van der Waals surface area contributed by atoms with Crippen molar-refractivity contribution < 1.29 is 9.53 Å². The molecule has 0 saturated heterocycles. The van der Waals surface area contributed by atoms with Crippen LogP contribution in [0.15, 0.2) is 24.3 Å². The first-order chi connectivity index (χ1) is 7.54. The third-order valence-corrected chi connectivity index (χ3v) is 2.28. The molecule has 1 rings (SSSR count). The first-order valence-corrected chi connectivity index (χ1v) is 5.23. The molecule has 1 amide bonds. The van der Waals surface area contributed by atoms with Gasteiger partial charge in [0, 0.05) is 12.6 Å². The van der Waals surface area contributed by atoms with Crippen molar-refractivity contribution in [3.8, 4) is 5.75 Å². The van der Waals surface area contributed by atoms with E-state index >= 15 is 0 Å². The van der Waals surface area contributed by atoms with E-state index in [9.17, 15) is 4.79 Å². The second-order valence-corrected chi connectivity index (χ2v) is 3.71. The molecule has 0 aliphatic carbocycles. The zero-order chi connectivity index (χ0) is 12.1. The fourth-order valence-corrected chi connectivity index (χ4v) is 1.31. The minimum atomic E-state index is -0.549. The lowest BCUT2D eigenvalue weighted by molar-refractivity contribution is -0.126. The van der Waals surface area contributed by atoms with Crippen molar-refractivity contribution in [3.63, 3.8) is 0 Å². The molecule has 1 atom stereocenters. The van der Waals surface area contributed by atoms with Gasteiger partial charge in [-0.3, -0.25) is 4.79 Å². The van der Waals surface area contributed by atoms with Gasteiger partial charge in [-0.25, -0.2) is 0 Å². The average molecular weight is 238 g/mol. The van der Waals surface area contributed by atoms with Crippen LogP contribution in [0.5, 0.6) is 5.75 Å². The molecule has 0 radical (unpaired) electrons. The molecule has 0 aromatic heterocycles. The Morgan fingerprint density at radius 3 is 2.81 bits per heavy atom. The Balaban J connectivity index is 2.78. The van der Waals surface area contributed by atoms with E-state index in [1.807, 2.05) is 0 Å². The van der Waals surface area contributed by atoms with Crippen LogP contribution in [0.25, 0.3) is 0 Å². The molecule has 0 saturated carbocycles. The number of carbonyl (C=O) groups is 1. The highest BCUT2D eigenvalue weighted by Gasteiger charge is 2.12. The minimum Gasteiger partial charge on any atom is -0.481 e. The number of thiocarbonyl (C=S) groups is 1. The topological polar surface area (TPSA) is 64.3 Å². The molecule has 0 fully saturated rings. The van der Waals surface area contributed by atoms with Crippen LogP contribution in [-0.2, 0) is 4.79 Å². The van der Waals surface area contributed by atoms with Crippen LogP contribution in [0.3, 0.4) is 0 Å². The molecule has 5 heteroatoms. The summed E-state index contributed by atoms with van der Waals surface area (Å²) >= 11 is 4.85. The van der Waals surface area contributed by atoms with Crippen molar-refractivity contribution in [2.24, 2.45) is 5.73 Å². The highest BCUT2D eigenvalue weighted by atomic mass is 32.1. The van der Waals surface area contributed by atoms with Gasteiger partial charge in [0.05, 0.1) is 0 Å². The Kier molecular flexibility index (Phi) is 4.25. The summed E-state index contributed by atoms with van der Waals surface area (Å²) in [5.41, 5.74) is 6.22. The fraction of sp³-hybridized carbons (Fsp3) is 0.273. The quantitative estimate of drug-likeness (QED) is 0.763. The summed E-state index contributed by atoms with van der Waals surface area (Å²) in [5, 5.41) is 2.51. The van der Waals surface area contributed by atoms with Gasteiger partial charge in [-0.2, -0.15) is 0 Å². The van der Waals surface area contributed by atoms with E-state index in [2.05, 4.69) is 5.32 Å². The van der Waals surface area contributed by atoms with Crippen LogP contribution in [0.1, 0.15) is 12.5 Å². The van der Waals surface area contributed by atoms with E-state index in [0.29, 0.717) is 10.7 Å². The number of amides is 1. The van der Waals surface area contributed by atoms with Gasteiger partial charge in [0.15, 0.2) is 6.10 Å². The first kappa shape index (κ1) is 12.4. The molecule has 3 N–H and O–H groups in total. The number of carbonyl (C=O) groups excluding carboxylic acids is 1. The summed E-state index contributed by atoms with van der Waals surface area (Å²) in [5.74, 6) is 0.391. The number of benzene rings is 1. The molecule has 1 unspecified atom stereocenters.